The lowest BCUT2D eigenvalue weighted by atomic mass is 10.2. The third-order valence-corrected chi connectivity index (χ3v) is 3.84. The Balaban J connectivity index is 2.14. The van der Waals surface area contributed by atoms with Gasteiger partial charge in [-0.25, -0.2) is 13.4 Å². The average Bonchev–Trinajstić information content (AvgIpc) is 2.39. The first kappa shape index (κ1) is 14.5. The zero-order valence-electron chi connectivity index (χ0n) is 11.1. The van der Waals surface area contributed by atoms with Crippen molar-refractivity contribution in [3.05, 3.63) is 48.2 Å². The maximum Gasteiger partial charge on any atom is 0.219 e. The van der Waals surface area contributed by atoms with E-state index in [0.717, 1.165) is 6.26 Å². The molecule has 1 atom stereocenters. The summed E-state index contributed by atoms with van der Waals surface area (Å²) >= 11 is 0. The number of benzene rings is 1. The summed E-state index contributed by atoms with van der Waals surface area (Å²) in [5.74, 6) is 0.871. The fourth-order valence-corrected chi connectivity index (χ4v) is 2.21. The fraction of sp³-hybridized carbons (Fsp3) is 0.214. The SMILES string of the molecule is C[C@H](O)c1ccc(Oc2ccc(S(C)(=O)=O)cc2)nc1. The number of aliphatic hydroxyl groups excluding tert-OH is 1. The molecule has 2 aromatic rings. The van der Waals surface area contributed by atoms with Gasteiger partial charge < -0.3 is 9.84 Å². The van der Waals surface area contributed by atoms with Crippen LogP contribution in [-0.2, 0) is 9.84 Å². The molecule has 0 unspecified atom stereocenters. The molecule has 5 nitrogen and oxygen atoms in total. The van der Waals surface area contributed by atoms with Crippen molar-refractivity contribution in [1.29, 1.82) is 0 Å². The molecule has 1 aromatic carbocycles. The van der Waals surface area contributed by atoms with Crippen LogP contribution in [0.1, 0.15) is 18.6 Å². The lowest BCUT2D eigenvalue weighted by Gasteiger charge is -2.07. The zero-order chi connectivity index (χ0) is 14.8. The standard InChI is InChI=1S/C14H15NO4S/c1-10(16)11-3-8-14(15-9-11)19-12-4-6-13(7-5-12)20(2,17)18/h3-10,16H,1-2H3/t10-/m0/s1. The monoisotopic (exact) mass is 293 g/mol. The Hall–Kier alpha value is -1.92. The second-order valence-electron chi connectivity index (χ2n) is 4.45. The molecule has 0 fully saturated rings. The molecule has 1 heterocycles. The number of aromatic nitrogens is 1. The van der Waals surface area contributed by atoms with Gasteiger partial charge in [0.1, 0.15) is 5.75 Å². The Kier molecular flexibility index (Phi) is 4.06. The second-order valence-corrected chi connectivity index (χ2v) is 6.47. The molecule has 0 saturated heterocycles. The predicted octanol–water partition coefficient (Wildman–Crippen LogP) is 2.33. The third kappa shape index (κ3) is 3.55. The van der Waals surface area contributed by atoms with Crippen LogP contribution in [0.4, 0.5) is 0 Å². The van der Waals surface area contributed by atoms with Crippen LogP contribution < -0.4 is 4.74 Å². The Morgan fingerprint density at radius 2 is 1.80 bits per heavy atom. The Labute approximate surface area is 117 Å². The van der Waals surface area contributed by atoms with E-state index in [9.17, 15) is 13.5 Å². The summed E-state index contributed by atoms with van der Waals surface area (Å²) in [5.41, 5.74) is 0.699. The van der Waals surface area contributed by atoms with E-state index in [1.165, 1.54) is 18.3 Å². The van der Waals surface area contributed by atoms with E-state index >= 15 is 0 Å². The van der Waals surface area contributed by atoms with E-state index in [-0.39, 0.29) is 4.90 Å². The molecule has 1 N–H and O–H groups in total. The molecule has 0 amide bonds. The summed E-state index contributed by atoms with van der Waals surface area (Å²) in [6.45, 7) is 1.65. The van der Waals surface area contributed by atoms with Crippen molar-refractivity contribution in [2.24, 2.45) is 0 Å². The molecule has 0 bridgehead atoms. The minimum absolute atomic E-state index is 0.238. The molecule has 0 aliphatic carbocycles. The molecule has 1 aromatic heterocycles. The summed E-state index contributed by atoms with van der Waals surface area (Å²) < 4.78 is 28.1. The Bertz CT molecular complexity index is 676. The molecule has 0 spiro atoms. The number of aliphatic hydroxyl groups is 1. The van der Waals surface area contributed by atoms with Gasteiger partial charge in [-0.15, -0.1) is 0 Å². The van der Waals surface area contributed by atoms with Gasteiger partial charge in [-0.05, 0) is 42.8 Å². The normalized spacial score (nSPS) is 12.9. The van der Waals surface area contributed by atoms with Crippen molar-refractivity contribution in [1.82, 2.24) is 4.98 Å². The van der Waals surface area contributed by atoms with E-state index in [0.29, 0.717) is 17.2 Å². The smallest absolute Gasteiger partial charge is 0.219 e. The van der Waals surface area contributed by atoms with Gasteiger partial charge in [-0.3, -0.25) is 0 Å². The second kappa shape index (κ2) is 5.60. The highest BCUT2D eigenvalue weighted by Crippen LogP contribution is 2.22. The van der Waals surface area contributed by atoms with E-state index in [2.05, 4.69) is 4.98 Å². The number of hydrogen-bond donors (Lipinski definition) is 1. The molecule has 0 aliphatic rings. The van der Waals surface area contributed by atoms with Gasteiger partial charge in [0.15, 0.2) is 9.84 Å². The fourth-order valence-electron chi connectivity index (χ4n) is 1.57. The summed E-state index contributed by atoms with van der Waals surface area (Å²) in [6.07, 6.45) is 2.11. The lowest BCUT2D eigenvalue weighted by Crippen LogP contribution is -1.97. The van der Waals surface area contributed by atoms with E-state index in [1.807, 2.05) is 0 Å². The highest BCUT2D eigenvalue weighted by molar-refractivity contribution is 7.90. The molecule has 0 aliphatic heterocycles. The third-order valence-electron chi connectivity index (χ3n) is 2.72. The van der Waals surface area contributed by atoms with Crippen molar-refractivity contribution >= 4 is 9.84 Å². The zero-order valence-corrected chi connectivity index (χ0v) is 12.0. The van der Waals surface area contributed by atoms with E-state index in [4.69, 9.17) is 4.74 Å². The molecular formula is C14H15NO4S. The number of nitrogens with zero attached hydrogens (tertiary/aromatic N) is 1. The first-order valence-corrected chi connectivity index (χ1v) is 7.87. The molecule has 6 heteroatoms. The molecule has 0 radical (unpaired) electrons. The quantitative estimate of drug-likeness (QED) is 0.936. The minimum Gasteiger partial charge on any atom is -0.439 e. The maximum absolute atomic E-state index is 11.3. The average molecular weight is 293 g/mol. The number of hydrogen-bond acceptors (Lipinski definition) is 5. The van der Waals surface area contributed by atoms with Crippen LogP contribution in [-0.4, -0.2) is 24.8 Å². The van der Waals surface area contributed by atoms with E-state index in [1.54, 1.807) is 31.2 Å². The lowest BCUT2D eigenvalue weighted by molar-refractivity contribution is 0.198. The summed E-state index contributed by atoms with van der Waals surface area (Å²) in [5, 5.41) is 9.37. The molecular weight excluding hydrogens is 278 g/mol. The summed E-state index contributed by atoms with van der Waals surface area (Å²) in [6, 6.07) is 9.47. The Morgan fingerprint density at radius 3 is 2.25 bits per heavy atom. The number of pyridine rings is 1. The highest BCUT2D eigenvalue weighted by atomic mass is 32.2. The summed E-state index contributed by atoms with van der Waals surface area (Å²) in [7, 11) is -3.21. The summed E-state index contributed by atoms with van der Waals surface area (Å²) in [4.78, 5) is 4.30. The number of rotatable bonds is 4. The van der Waals surface area contributed by atoms with Gasteiger partial charge >= 0.3 is 0 Å². The van der Waals surface area contributed by atoms with Crippen LogP contribution in [0.3, 0.4) is 0 Å². The van der Waals surface area contributed by atoms with Crippen LogP contribution in [0.2, 0.25) is 0 Å². The van der Waals surface area contributed by atoms with Crippen LogP contribution in [0, 0.1) is 0 Å². The first-order chi connectivity index (χ1) is 9.36. The van der Waals surface area contributed by atoms with Crippen molar-refractivity contribution in [2.45, 2.75) is 17.9 Å². The molecule has 20 heavy (non-hydrogen) atoms. The van der Waals surface area contributed by atoms with Crippen molar-refractivity contribution in [3.8, 4) is 11.6 Å². The van der Waals surface area contributed by atoms with Crippen molar-refractivity contribution < 1.29 is 18.3 Å². The number of sulfone groups is 1. The van der Waals surface area contributed by atoms with Crippen molar-refractivity contribution in [2.75, 3.05) is 6.26 Å². The van der Waals surface area contributed by atoms with Gasteiger partial charge in [-0.1, -0.05) is 0 Å². The highest BCUT2D eigenvalue weighted by Gasteiger charge is 2.07. The van der Waals surface area contributed by atoms with E-state index < -0.39 is 15.9 Å². The van der Waals surface area contributed by atoms with Crippen LogP contribution in [0.5, 0.6) is 11.6 Å². The maximum atomic E-state index is 11.3. The molecule has 0 saturated carbocycles. The molecule has 106 valence electrons. The van der Waals surface area contributed by atoms with Gasteiger partial charge in [0, 0.05) is 18.5 Å². The molecule has 2 rings (SSSR count). The van der Waals surface area contributed by atoms with Gasteiger partial charge in [-0.2, -0.15) is 0 Å². The van der Waals surface area contributed by atoms with Crippen LogP contribution in [0.15, 0.2) is 47.5 Å². The minimum atomic E-state index is -3.21. The Morgan fingerprint density at radius 1 is 1.15 bits per heavy atom. The topological polar surface area (TPSA) is 76.5 Å². The predicted molar refractivity (Wildman–Crippen MR) is 74.5 cm³/mol. The van der Waals surface area contributed by atoms with Gasteiger partial charge in [0.05, 0.1) is 11.0 Å². The van der Waals surface area contributed by atoms with Crippen LogP contribution in [0.25, 0.3) is 0 Å². The largest absolute Gasteiger partial charge is 0.439 e. The number of ether oxygens (including phenoxy) is 1. The van der Waals surface area contributed by atoms with Gasteiger partial charge in [0.25, 0.3) is 0 Å². The van der Waals surface area contributed by atoms with Gasteiger partial charge in [0.2, 0.25) is 5.88 Å². The van der Waals surface area contributed by atoms with Crippen LogP contribution >= 0.6 is 0 Å². The first-order valence-electron chi connectivity index (χ1n) is 5.98. The van der Waals surface area contributed by atoms with Crippen molar-refractivity contribution in [3.63, 3.8) is 0 Å².